The van der Waals surface area contributed by atoms with E-state index in [0.29, 0.717) is 22.8 Å². The average molecular weight is 285 g/mol. The van der Waals surface area contributed by atoms with Crippen LogP contribution < -0.4 is 10.5 Å². The third kappa shape index (κ3) is 3.31. The van der Waals surface area contributed by atoms with Gasteiger partial charge in [0, 0.05) is 11.8 Å². The fourth-order valence-corrected chi connectivity index (χ4v) is 2.35. The van der Waals surface area contributed by atoms with E-state index >= 15 is 0 Å². The summed E-state index contributed by atoms with van der Waals surface area (Å²) >= 11 is 0. The van der Waals surface area contributed by atoms with Gasteiger partial charge in [0.05, 0.1) is 11.3 Å². The molecule has 0 unspecified atom stereocenters. The van der Waals surface area contributed by atoms with Crippen LogP contribution in [0, 0.1) is 27.7 Å². The SMILES string of the molecule is Cc1cc(C)cc(Oc2cc(C)nc(C)c2/C(N)=N/O)c1. The second kappa shape index (κ2) is 5.83. The minimum absolute atomic E-state index is 0.0145. The van der Waals surface area contributed by atoms with Crippen LogP contribution in [0.5, 0.6) is 11.5 Å². The monoisotopic (exact) mass is 285 g/mol. The molecule has 0 saturated heterocycles. The predicted molar refractivity (Wildman–Crippen MR) is 82.2 cm³/mol. The molecule has 21 heavy (non-hydrogen) atoms. The smallest absolute Gasteiger partial charge is 0.175 e. The molecular formula is C16H19N3O2. The van der Waals surface area contributed by atoms with Crippen molar-refractivity contribution in [1.29, 1.82) is 0 Å². The van der Waals surface area contributed by atoms with Crippen molar-refractivity contribution in [2.24, 2.45) is 10.9 Å². The number of ether oxygens (including phenoxy) is 1. The number of oxime groups is 1. The van der Waals surface area contributed by atoms with Crippen LogP contribution in [-0.4, -0.2) is 16.0 Å². The van der Waals surface area contributed by atoms with Crippen molar-refractivity contribution in [3.05, 3.63) is 52.3 Å². The first-order valence-electron chi connectivity index (χ1n) is 6.63. The first kappa shape index (κ1) is 14.8. The van der Waals surface area contributed by atoms with E-state index in [9.17, 15) is 0 Å². The first-order chi connectivity index (χ1) is 9.90. The van der Waals surface area contributed by atoms with Gasteiger partial charge in [0.2, 0.25) is 0 Å². The molecule has 110 valence electrons. The molecule has 0 aliphatic rings. The van der Waals surface area contributed by atoms with Crippen molar-refractivity contribution in [2.45, 2.75) is 27.7 Å². The van der Waals surface area contributed by atoms with Crippen molar-refractivity contribution in [2.75, 3.05) is 0 Å². The minimum atomic E-state index is -0.0145. The summed E-state index contributed by atoms with van der Waals surface area (Å²) in [6, 6.07) is 7.72. The fraction of sp³-hybridized carbons (Fsp3) is 0.250. The molecule has 0 radical (unpaired) electrons. The lowest BCUT2D eigenvalue weighted by Gasteiger charge is -2.14. The molecule has 1 heterocycles. The molecule has 3 N–H and O–H groups in total. The molecule has 0 saturated carbocycles. The van der Waals surface area contributed by atoms with Gasteiger partial charge < -0.3 is 15.7 Å². The van der Waals surface area contributed by atoms with Gasteiger partial charge in [-0.15, -0.1) is 0 Å². The number of aromatic nitrogens is 1. The van der Waals surface area contributed by atoms with Gasteiger partial charge in [-0.25, -0.2) is 0 Å². The topological polar surface area (TPSA) is 80.7 Å². The van der Waals surface area contributed by atoms with Gasteiger partial charge in [-0.1, -0.05) is 11.2 Å². The molecular weight excluding hydrogens is 266 g/mol. The summed E-state index contributed by atoms with van der Waals surface area (Å²) in [5.41, 5.74) is 9.92. The molecule has 0 spiro atoms. The highest BCUT2D eigenvalue weighted by atomic mass is 16.5. The van der Waals surface area contributed by atoms with E-state index in [2.05, 4.69) is 16.2 Å². The molecule has 5 heteroatoms. The van der Waals surface area contributed by atoms with E-state index < -0.39 is 0 Å². The second-order valence-corrected chi connectivity index (χ2v) is 5.13. The summed E-state index contributed by atoms with van der Waals surface area (Å²) in [5.74, 6) is 1.23. The van der Waals surface area contributed by atoms with Crippen LogP contribution in [0.3, 0.4) is 0 Å². The van der Waals surface area contributed by atoms with E-state index in [1.54, 1.807) is 13.0 Å². The van der Waals surface area contributed by atoms with Crippen LogP contribution in [0.25, 0.3) is 0 Å². The number of nitrogens with two attached hydrogens (primary N) is 1. The summed E-state index contributed by atoms with van der Waals surface area (Å²) in [7, 11) is 0. The number of pyridine rings is 1. The minimum Gasteiger partial charge on any atom is -0.456 e. The lowest BCUT2D eigenvalue weighted by atomic mass is 10.1. The Labute approximate surface area is 124 Å². The zero-order valence-corrected chi connectivity index (χ0v) is 12.6. The molecule has 1 aromatic heterocycles. The lowest BCUT2D eigenvalue weighted by Crippen LogP contribution is -2.17. The number of hydrogen-bond acceptors (Lipinski definition) is 4. The van der Waals surface area contributed by atoms with Crippen molar-refractivity contribution in [3.8, 4) is 11.5 Å². The Hall–Kier alpha value is -2.56. The number of hydrogen-bond donors (Lipinski definition) is 2. The molecule has 2 rings (SSSR count). The largest absolute Gasteiger partial charge is 0.456 e. The Morgan fingerprint density at radius 2 is 1.71 bits per heavy atom. The molecule has 0 atom stereocenters. The van der Waals surface area contributed by atoms with Gasteiger partial charge in [0.1, 0.15) is 11.5 Å². The summed E-state index contributed by atoms with van der Waals surface area (Å²) < 4.78 is 5.94. The van der Waals surface area contributed by atoms with Crippen molar-refractivity contribution >= 4 is 5.84 Å². The molecule has 0 bridgehead atoms. The van der Waals surface area contributed by atoms with Gasteiger partial charge in [-0.3, -0.25) is 4.98 Å². The first-order valence-corrected chi connectivity index (χ1v) is 6.63. The van der Waals surface area contributed by atoms with Crippen LogP contribution in [0.1, 0.15) is 28.1 Å². The standard InChI is InChI=1S/C16H19N3O2/c1-9-5-10(2)7-13(6-9)21-14-8-11(3)18-12(4)15(14)16(17)19-20/h5-8,20H,1-4H3,(H2,17,19). The Balaban J connectivity index is 2.52. The van der Waals surface area contributed by atoms with E-state index in [4.69, 9.17) is 15.7 Å². The fourth-order valence-electron chi connectivity index (χ4n) is 2.35. The number of benzene rings is 1. The Bertz CT molecular complexity index is 689. The Morgan fingerprint density at radius 3 is 2.29 bits per heavy atom. The van der Waals surface area contributed by atoms with Gasteiger partial charge >= 0.3 is 0 Å². The third-order valence-electron chi connectivity index (χ3n) is 3.08. The van der Waals surface area contributed by atoms with E-state index in [1.165, 1.54) is 0 Å². The Kier molecular flexibility index (Phi) is 4.12. The highest BCUT2D eigenvalue weighted by Crippen LogP contribution is 2.29. The van der Waals surface area contributed by atoms with Crippen LogP contribution in [0.4, 0.5) is 0 Å². The highest BCUT2D eigenvalue weighted by Gasteiger charge is 2.15. The van der Waals surface area contributed by atoms with Crippen molar-refractivity contribution in [1.82, 2.24) is 4.98 Å². The third-order valence-corrected chi connectivity index (χ3v) is 3.08. The Morgan fingerprint density at radius 1 is 1.10 bits per heavy atom. The normalized spacial score (nSPS) is 11.5. The lowest BCUT2D eigenvalue weighted by molar-refractivity contribution is 0.318. The zero-order chi connectivity index (χ0) is 15.6. The molecule has 5 nitrogen and oxygen atoms in total. The van der Waals surface area contributed by atoms with Crippen LogP contribution in [0.2, 0.25) is 0 Å². The number of nitrogens with zero attached hydrogens (tertiary/aromatic N) is 2. The van der Waals surface area contributed by atoms with Crippen LogP contribution in [-0.2, 0) is 0 Å². The summed E-state index contributed by atoms with van der Waals surface area (Å²) in [6.45, 7) is 7.69. The molecule has 2 aromatic rings. The quantitative estimate of drug-likeness (QED) is 0.393. The maximum absolute atomic E-state index is 8.94. The maximum Gasteiger partial charge on any atom is 0.175 e. The number of rotatable bonds is 3. The molecule has 0 aliphatic carbocycles. The van der Waals surface area contributed by atoms with E-state index in [0.717, 1.165) is 16.8 Å². The average Bonchev–Trinajstić information content (AvgIpc) is 2.36. The van der Waals surface area contributed by atoms with Gasteiger partial charge in [-0.05, 0) is 51.0 Å². The van der Waals surface area contributed by atoms with Gasteiger partial charge in [0.25, 0.3) is 0 Å². The molecule has 0 fully saturated rings. The number of aryl methyl sites for hydroxylation is 4. The zero-order valence-electron chi connectivity index (χ0n) is 12.6. The molecule has 0 amide bonds. The summed E-state index contributed by atoms with van der Waals surface area (Å²) in [5, 5.41) is 12.0. The summed E-state index contributed by atoms with van der Waals surface area (Å²) in [4.78, 5) is 4.33. The highest BCUT2D eigenvalue weighted by molar-refractivity contribution is 6.00. The van der Waals surface area contributed by atoms with E-state index in [1.807, 2.05) is 32.9 Å². The van der Waals surface area contributed by atoms with Crippen LogP contribution >= 0.6 is 0 Å². The predicted octanol–water partition coefficient (Wildman–Crippen LogP) is 3.20. The van der Waals surface area contributed by atoms with Crippen molar-refractivity contribution < 1.29 is 9.94 Å². The molecule has 0 aliphatic heterocycles. The van der Waals surface area contributed by atoms with E-state index in [-0.39, 0.29) is 5.84 Å². The van der Waals surface area contributed by atoms with Gasteiger partial charge in [0.15, 0.2) is 5.84 Å². The summed E-state index contributed by atoms with van der Waals surface area (Å²) in [6.07, 6.45) is 0. The second-order valence-electron chi connectivity index (χ2n) is 5.13. The van der Waals surface area contributed by atoms with Crippen LogP contribution in [0.15, 0.2) is 29.4 Å². The maximum atomic E-state index is 8.94. The number of amidine groups is 1. The van der Waals surface area contributed by atoms with Gasteiger partial charge in [-0.2, -0.15) is 0 Å². The molecule has 1 aromatic carbocycles. The van der Waals surface area contributed by atoms with Crippen molar-refractivity contribution in [3.63, 3.8) is 0 Å².